The van der Waals surface area contributed by atoms with Gasteiger partial charge in [-0.05, 0) is 31.5 Å². The van der Waals surface area contributed by atoms with Crippen LogP contribution in [-0.2, 0) is 0 Å². The highest BCUT2D eigenvalue weighted by Gasteiger charge is 2.25. The number of rotatable bonds is 4. The monoisotopic (exact) mass is 374 g/mol. The fourth-order valence-electron chi connectivity index (χ4n) is 2.63. The molecule has 1 atom stereocenters. The van der Waals surface area contributed by atoms with Gasteiger partial charge in [0.1, 0.15) is 17.0 Å². The fourth-order valence-corrected chi connectivity index (χ4v) is 3.20. The van der Waals surface area contributed by atoms with Crippen molar-refractivity contribution in [2.45, 2.75) is 19.9 Å². The number of aromatic nitrogens is 1. The van der Waals surface area contributed by atoms with Crippen LogP contribution >= 0.6 is 23.2 Å². The first-order valence-electron chi connectivity index (χ1n) is 7.75. The second kappa shape index (κ2) is 7.30. The zero-order chi connectivity index (χ0) is 18.0. The summed E-state index contributed by atoms with van der Waals surface area (Å²) in [6.07, 6.45) is 0. The van der Waals surface area contributed by atoms with Crippen LogP contribution in [0.1, 0.15) is 34.6 Å². The van der Waals surface area contributed by atoms with E-state index in [1.165, 1.54) is 0 Å². The van der Waals surface area contributed by atoms with Crippen molar-refractivity contribution >= 4 is 29.1 Å². The first-order chi connectivity index (χ1) is 12.0. The number of carbonyl (C=O) groups is 1. The predicted octanol–water partition coefficient (Wildman–Crippen LogP) is 5.45. The Bertz CT molecular complexity index is 887. The molecule has 3 rings (SSSR count). The van der Waals surface area contributed by atoms with Gasteiger partial charge in [0.25, 0.3) is 5.91 Å². The third-order valence-corrected chi connectivity index (χ3v) is 4.57. The van der Waals surface area contributed by atoms with Gasteiger partial charge in [0.2, 0.25) is 0 Å². The molecular weight excluding hydrogens is 359 g/mol. The number of carbonyl (C=O) groups excluding carboxylic acids is 1. The van der Waals surface area contributed by atoms with E-state index >= 15 is 0 Å². The Kier molecular flexibility index (Phi) is 5.11. The number of benzene rings is 2. The lowest BCUT2D eigenvalue weighted by Crippen LogP contribution is -2.27. The topological polar surface area (TPSA) is 55.1 Å². The predicted molar refractivity (Wildman–Crippen MR) is 99.0 cm³/mol. The van der Waals surface area contributed by atoms with Crippen LogP contribution in [0.25, 0.3) is 11.3 Å². The molecule has 3 aromatic rings. The summed E-state index contributed by atoms with van der Waals surface area (Å²) in [5, 5.41) is 7.78. The molecule has 1 heterocycles. The Hall–Kier alpha value is -2.30. The van der Waals surface area contributed by atoms with Crippen LogP contribution in [0.2, 0.25) is 10.0 Å². The van der Waals surface area contributed by atoms with E-state index in [4.69, 9.17) is 27.7 Å². The van der Waals surface area contributed by atoms with Crippen molar-refractivity contribution in [2.24, 2.45) is 0 Å². The maximum absolute atomic E-state index is 12.8. The number of hydrogen-bond acceptors (Lipinski definition) is 3. The summed E-state index contributed by atoms with van der Waals surface area (Å²) in [4.78, 5) is 12.8. The normalized spacial score (nSPS) is 12.0. The molecule has 0 aliphatic rings. The van der Waals surface area contributed by atoms with E-state index in [0.717, 1.165) is 5.56 Å². The van der Waals surface area contributed by atoms with Gasteiger partial charge < -0.3 is 9.84 Å². The molecular formula is C19H16Cl2N2O2. The van der Waals surface area contributed by atoms with Crippen LogP contribution in [0.5, 0.6) is 0 Å². The molecule has 1 aromatic heterocycles. The maximum atomic E-state index is 12.8. The molecule has 0 aliphatic heterocycles. The van der Waals surface area contributed by atoms with Crippen molar-refractivity contribution in [1.82, 2.24) is 10.5 Å². The van der Waals surface area contributed by atoms with E-state index in [1.54, 1.807) is 25.1 Å². The highest BCUT2D eigenvalue weighted by molar-refractivity contribution is 6.39. The average Bonchev–Trinajstić information content (AvgIpc) is 2.97. The number of amides is 1. The van der Waals surface area contributed by atoms with Crippen molar-refractivity contribution in [3.8, 4) is 11.3 Å². The van der Waals surface area contributed by atoms with Crippen molar-refractivity contribution in [3.05, 3.63) is 75.5 Å². The van der Waals surface area contributed by atoms with Crippen LogP contribution in [0, 0.1) is 6.92 Å². The second-order valence-electron chi connectivity index (χ2n) is 5.66. The molecule has 0 saturated carbocycles. The van der Waals surface area contributed by atoms with Crippen LogP contribution in [0.15, 0.2) is 53.1 Å². The lowest BCUT2D eigenvalue weighted by molar-refractivity contribution is 0.0939. The number of hydrogen-bond donors (Lipinski definition) is 1. The van der Waals surface area contributed by atoms with Crippen molar-refractivity contribution in [2.75, 3.05) is 0 Å². The summed E-state index contributed by atoms with van der Waals surface area (Å²) in [6.45, 7) is 3.60. The van der Waals surface area contributed by atoms with E-state index in [2.05, 4.69) is 10.5 Å². The van der Waals surface area contributed by atoms with E-state index in [1.807, 2.05) is 37.3 Å². The lowest BCUT2D eigenvalue weighted by Gasteiger charge is -2.14. The number of nitrogens with zero attached hydrogens (tertiary/aromatic N) is 1. The van der Waals surface area contributed by atoms with Crippen LogP contribution in [-0.4, -0.2) is 11.1 Å². The standard InChI is InChI=1S/C19H16Cl2N2O2/c1-11(13-7-4-3-5-8-13)22-19(24)16-12(2)25-23-18(16)17-14(20)9-6-10-15(17)21/h3-11H,1-2H3,(H,22,24)/t11-/m1/s1. The highest BCUT2D eigenvalue weighted by Crippen LogP contribution is 2.36. The van der Waals surface area contributed by atoms with E-state index in [9.17, 15) is 4.79 Å². The van der Waals surface area contributed by atoms with Gasteiger partial charge >= 0.3 is 0 Å². The Morgan fingerprint density at radius 2 is 1.72 bits per heavy atom. The molecule has 2 aromatic carbocycles. The van der Waals surface area contributed by atoms with Crippen molar-refractivity contribution < 1.29 is 9.32 Å². The van der Waals surface area contributed by atoms with Crippen molar-refractivity contribution in [1.29, 1.82) is 0 Å². The van der Waals surface area contributed by atoms with Crippen LogP contribution in [0.4, 0.5) is 0 Å². The molecule has 0 saturated heterocycles. The fraction of sp³-hybridized carbons (Fsp3) is 0.158. The molecule has 0 spiro atoms. The van der Waals surface area contributed by atoms with E-state index < -0.39 is 0 Å². The van der Waals surface area contributed by atoms with Crippen LogP contribution < -0.4 is 5.32 Å². The first kappa shape index (κ1) is 17.5. The van der Waals surface area contributed by atoms with Gasteiger partial charge in [0, 0.05) is 5.56 Å². The van der Waals surface area contributed by atoms with E-state index in [-0.39, 0.29) is 11.9 Å². The van der Waals surface area contributed by atoms with Crippen LogP contribution in [0.3, 0.4) is 0 Å². The van der Waals surface area contributed by atoms with Gasteiger partial charge in [-0.1, -0.05) is 64.8 Å². The molecule has 0 bridgehead atoms. The largest absolute Gasteiger partial charge is 0.360 e. The molecule has 4 nitrogen and oxygen atoms in total. The molecule has 0 unspecified atom stereocenters. The van der Waals surface area contributed by atoms with Gasteiger partial charge in [0.15, 0.2) is 0 Å². The molecule has 0 radical (unpaired) electrons. The molecule has 6 heteroatoms. The van der Waals surface area contributed by atoms with Crippen molar-refractivity contribution in [3.63, 3.8) is 0 Å². The van der Waals surface area contributed by atoms with E-state index in [0.29, 0.717) is 32.6 Å². The minimum absolute atomic E-state index is 0.169. The van der Waals surface area contributed by atoms with Gasteiger partial charge in [0.05, 0.1) is 16.1 Å². The number of halogens is 2. The first-order valence-corrected chi connectivity index (χ1v) is 8.51. The summed E-state index contributed by atoms with van der Waals surface area (Å²) in [5.41, 5.74) is 2.16. The second-order valence-corrected chi connectivity index (χ2v) is 6.48. The molecule has 25 heavy (non-hydrogen) atoms. The summed E-state index contributed by atoms with van der Waals surface area (Å²) >= 11 is 12.5. The zero-order valence-corrected chi connectivity index (χ0v) is 15.2. The summed E-state index contributed by atoms with van der Waals surface area (Å²) in [6, 6.07) is 14.7. The molecule has 0 fully saturated rings. The summed E-state index contributed by atoms with van der Waals surface area (Å²) in [5.74, 6) is 0.116. The number of nitrogens with one attached hydrogen (secondary N) is 1. The molecule has 1 amide bonds. The van der Waals surface area contributed by atoms with Gasteiger partial charge in [-0.25, -0.2) is 0 Å². The SMILES string of the molecule is Cc1onc(-c2c(Cl)cccc2Cl)c1C(=O)N[C@H](C)c1ccccc1. The molecule has 0 aliphatic carbocycles. The molecule has 1 N–H and O–H groups in total. The summed E-state index contributed by atoms with van der Waals surface area (Å²) < 4.78 is 5.24. The minimum atomic E-state index is -0.291. The molecule has 128 valence electrons. The Morgan fingerprint density at radius 1 is 1.08 bits per heavy atom. The average molecular weight is 375 g/mol. The maximum Gasteiger partial charge on any atom is 0.257 e. The van der Waals surface area contributed by atoms with Gasteiger partial charge in [-0.15, -0.1) is 0 Å². The Balaban J connectivity index is 1.96. The summed E-state index contributed by atoms with van der Waals surface area (Å²) in [7, 11) is 0. The lowest BCUT2D eigenvalue weighted by atomic mass is 10.0. The third kappa shape index (κ3) is 3.55. The quantitative estimate of drug-likeness (QED) is 0.660. The number of aryl methyl sites for hydroxylation is 1. The smallest absolute Gasteiger partial charge is 0.257 e. The third-order valence-electron chi connectivity index (χ3n) is 3.94. The van der Waals surface area contributed by atoms with Gasteiger partial charge in [-0.2, -0.15) is 0 Å². The zero-order valence-electron chi connectivity index (χ0n) is 13.7. The Morgan fingerprint density at radius 3 is 2.36 bits per heavy atom. The highest BCUT2D eigenvalue weighted by atomic mass is 35.5. The Labute approximate surface area is 155 Å². The minimum Gasteiger partial charge on any atom is -0.360 e. The van der Waals surface area contributed by atoms with Gasteiger partial charge in [-0.3, -0.25) is 4.79 Å².